The number of anilines is 1. The first-order valence-corrected chi connectivity index (χ1v) is 17.9. The van der Waals surface area contributed by atoms with Crippen LogP contribution in [0.15, 0.2) is 48.6 Å². The minimum Gasteiger partial charge on any atom is -0.490 e. The largest absolute Gasteiger partial charge is 0.490 e. The van der Waals surface area contributed by atoms with Crippen molar-refractivity contribution < 1.29 is 27.9 Å². The number of fused-ring (bicyclic) bond motifs is 5. The molecule has 7 rings (SSSR count). The maximum Gasteiger partial charge on any atom is 0.264 e. The Hall–Kier alpha value is -3.08. The van der Waals surface area contributed by atoms with Crippen molar-refractivity contribution in [2.75, 3.05) is 37.7 Å². The highest BCUT2D eigenvalue weighted by Crippen LogP contribution is 2.47. The van der Waals surface area contributed by atoms with E-state index in [1.54, 1.807) is 24.3 Å². The van der Waals surface area contributed by atoms with Crippen LogP contribution in [0.1, 0.15) is 60.5 Å². The molecule has 3 heterocycles. The highest BCUT2D eigenvalue weighted by atomic mass is 35.5. The third kappa shape index (κ3) is 5.63. The van der Waals surface area contributed by atoms with Gasteiger partial charge in [-0.3, -0.25) is 9.59 Å². The van der Waals surface area contributed by atoms with Crippen LogP contribution in [0.5, 0.6) is 5.75 Å². The van der Waals surface area contributed by atoms with E-state index in [-0.39, 0.29) is 41.8 Å². The van der Waals surface area contributed by atoms with Crippen LogP contribution in [0.2, 0.25) is 5.02 Å². The SMILES string of the molecule is CC(=O)N1CC2C/C=C/[C@H](O)[C@@H]3CC[C@H]3CN3C[C@@]4(CCCc5cc(Cl)ccc54)COc4ccc(cc43)C(=O)NS(=O)(=O)[C@@H]2C1. The van der Waals surface area contributed by atoms with Gasteiger partial charge in [0.25, 0.3) is 5.91 Å². The minimum absolute atomic E-state index is 0.0181. The fourth-order valence-electron chi connectivity index (χ4n) is 8.29. The third-order valence-electron chi connectivity index (χ3n) is 10.9. The van der Waals surface area contributed by atoms with E-state index in [9.17, 15) is 23.1 Å². The zero-order valence-corrected chi connectivity index (χ0v) is 27.0. The lowest BCUT2D eigenvalue weighted by molar-refractivity contribution is -0.127. The zero-order valence-electron chi connectivity index (χ0n) is 25.5. The minimum atomic E-state index is -4.12. The molecule has 45 heavy (non-hydrogen) atoms. The first-order chi connectivity index (χ1) is 21.5. The lowest BCUT2D eigenvalue weighted by atomic mass is 9.68. The standard InChI is InChI=1S/C34H40ClN3O6S/c1-21(39)37-17-25-4-2-6-30(40)27-10-7-24(27)16-38-19-34(13-3-5-22-14-26(35)9-11-28(22)34)20-44-31-12-8-23(15-29(31)38)33(41)36-45(42,43)32(25)18-37/h2,6,8-9,11-12,14-15,24-25,27,30,32,40H,3-5,7,10,13,16-20H2,1H3,(H,36,41)/b6-2+/t24-,25?,27+,30-,32+,34-/m0/s1. The molecule has 2 amide bonds. The van der Waals surface area contributed by atoms with E-state index < -0.39 is 33.2 Å². The highest BCUT2D eigenvalue weighted by Gasteiger charge is 2.45. The van der Waals surface area contributed by atoms with Crippen LogP contribution >= 0.6 is 11.6 Å². The molecule has 2 N–H and O–H groups in total. The van der Waals surface area contributed by atoms with E-state index in [1.807, 2.05) is 12.1 Å². The second-order valence-electron chi connectivity index (χ2n) is 13.6. The molecule has 2 aromatic rings. The second-order valence-corrected chi connectivity index (χ2v) is 16.0. The third-order valence-corrected chi connectivity index (χ3v) is 12.9. The van der Waals surface area contributed by atoms with Crippen molar-refractivity contribution in [1.82, 2.24) is 9.62 Å². The van der Waals surface area contributed by atoms with Crippen molar-refractivity contribution in [2.45, 2.75) is 62.2 Å². The summed E-state index contributed by atoms with van der Waals surface area (Å²) < 4.78 is 36.1. The first-order valence-electron chi connectivity index (χ1n) is 16.0. The van der Waals surface area contributed by atoms with Crippen LogP contribution < -0.4 is 14.4 Å². The molecule has 5 aliphatic rings. The predicted octanol–water partition coefficient (Wildman–Crippen LogP) is 4.07. The van der Waals surface area contributed by atoms with Gasteiger partial charge in [-0.2, -0.15) is 0 Å². The van der Waals surface area contributed by atoms with E-state index in [0.29, 0.717) is 31.9 Å². The summed E-state index contributed by atoms with van der Waals surface area (Å²) in [6.45, 7) is 3.54. The van der Waals surface area contributed by atoms with Crippen molar-refractivity contribution in [3.63, 3.8) is 0 Å². The van der Waals surface area contributed by atoms with Crippen LogP contribution in [-0.2, 0) is 26.7 Å². The van der Waals surface area contributed by atoms with Crippen LogP contribution in [-0.4, -0.2) is 74.4 Å². The Kier molecular flexibility index (Phi) is 7.89. The van der Waals surface area contributed by atoms with E-state index in [2.05, 4.69) is 21.8 Å². The summed E-state index contributed by atoms with van der Waals surface area (Å²) in [7, 11) is -4.12. The Labute approximate surface area is 269 Å². The molecule has 9 nitrogen and oxygen atoms in total. The zero-order chi connectivity index (χ0) is 31.5. The fourth-order valence-corrected chi connectivity index (χ4v) is 10.1. The van der Waals surface area contributed by atoms with Gasteiger partial charge in [-0.25, -0.2) is 13.1 Å². The quantitative estimate of drug-likeness (QED) is 0.412. The van der Waals surface area contributed by atoms with Gasteiger partial charge in [0, 0.05) is 55.0 Å². The molecular weight excluding hydrogens is 614 g/mol. The number of rotatable bonds is 0. The maximum absolute atomic E-state index is 13.6. The van der Waals surface area contributed by atoms with Crippen molar-refractivity contribution in [2.24, 2.45) is 17.8 Å². The van der Waals surface area contributed by atoms with Gasteiger partial charge in [0.15, 0.2) is 0 Å². The molecule has 3 aliphatic heterocycles. The molecular formula is C34H40ClN3O6S. The first kappa shape index (κ1) is 30.6. The van der Waals surface area contributed by atoms with Gasteiger partial charge >= 0.3 is 0 Å². The number of hydrogen-bond acceptors (Lipinski definition) is 7. The summed E-state index contributed by atoms with van der Waals surface area (Å²) in [6, 6.07) is 11.3. The molecule has 240 valence electrons. The number of hydrogen-bond donors (Lipinski definition) is 2. The molecule has 11 heteroatoms. The molecule has 6 atom stereocenters. The maximum atomic E-state index is 13.6. The average molecular weight is 654 g/mol. The number of likely N-dealkylation sites (tertiary alicyclic amines) is 1. The molecule has 2 aliphatic carbocycles. The number of carbonyl (C=O) groups is 2. The fraction of sp³-hybridized carbons (Fsp3) is 0.529. The number of nitrogens with zero attached hydrogens (tertiary/aromatic N) is 2. The Morgan fingerprint density at radius 2 is 1.96 bits per heavy atom. The number of carbonyl (C=O) groups excluding carboxylic acids is 2. The van der Waals surface area contributed by atoms with Gasteiger partial charge in [0.1, 0.15) is 11.0 Å². The molecule has 0 radical (unpaired) electrons. The number of aliphatic hydroxyl groups is 1. The normalized spacial score (nSPS) is 33.0. The highest BCUT2D eigenvalue weighted by molar-refractivity contribution is 7.90. The molecule has 1 spiro atoms. The molecule has 1 saturated heterocycles. The van der Waals surface area contributed by atoms with E-state index in [4.69, 9.17) is 16.3 Å². The summed E-state index contributed by atoms with van der Waals surface area (Å²) in [6.07, 6.45) is 8.16. The summed E-state index contributed by atoms with van der Waals surface area (Å²) in [5.41, 5.74) is 3.16. The molecule has 1 saturated carbocycles. The lowest BCUT2D eigenvalue weighted by Gasteiger charge is -2.45. The molecule has 0 aromatic heterocycles. The average Bonchev–Trinajstić information content (AvgIpc) is 3.36. The summed E-state index contributed by atoms with van der Waals surface area (Å²) in [5, 5.41) is 11.0. The summed E-state index contributed by atoms with van der Waals surface area (Å²) in [5.74, 6) is -0.346. The van der Waals surface area contributed by atoms with Gasteiger partial charge < -0.3 is 19.6 Å². The van der Waals surface area contributed by atoms with Crippen molar-refractivity contribution in [3.8, 4) is 5.75 Å². The Balaban J connectivity index is 1.28. The molecule has 2 aromatic carbocycles. The number of amides is 2. The Morgan fingerprint density at radius 1 is 1.11 bits per heavy atom. The topological polar surface area (TPSA) is 116 Å². The van der Waals surface area contributed by atoms with Crippen molar-refractivity contribution >= 4 is 39.1 Å². The van der Waals surface area contributed by atoms with Gasteiger partial charge in [-0.15, -0.1) is 0 Å². The number of nitrogens with one attached hydrogen (secondary N) is 1. The number of aryl methyl sites for hydroxylation is 1. The van der Waals surface area contributed by atoms with Gasteiger partial charge in [-0.1, -0.05) is 29.8 Å². The molecule has 2 fully saturated rings. The number of halogens is 1. The number of sulfonamides is 1. The number of ether oxygens (including phenoxy) is 1. The van der Waals surface area contributed by atoms with E-state index >= 15 is 0 Å². The van der Waals surface area contributed by atoms with Crippen LogP contribution in [0.3, 0.4) is 0 Å². The van der Waals surface area contributed by atoms with Crippen LogP contribution in [0, 0.1) is 17.8 Å². The Bertz CT molecular complexity index is 1660. The monoisotopic (exact) mass is 653 g/mol. The van der Waals surface area contributed by atoms with Crippen molar-refractivity contribution in [3.05, 3.63) is 70.3 Å². The van der Waals surface area contributed by atoms with Crippen molar-refractivity contribution in [1.29, 1.82) is 0 Å². The number of benzene rings is 2. The Morgan fingerprint density at radius 3 is 2.73 bits per heavy atom. The van der Waals surface area contributed by atoms with Crippen LogP contribution in [0.25, 0.3) is 0 Å². The molecule has 1 unspecified atom stereocenters. The summed E-state index contributed by atoms with van der Waals surface area (Å²) in [4.78, 5) is 29.6. The van der Waals surface area contributed by atoms with Crippen LogP contribution in [0.4, 0.5) is 5.69 Å². The van der Waals surface area contributed by atoms with Gasteiger partial charge in [0.2, 0.25) is 15.9 Å². The molecule has 2 bridgehead atoms. The van der Waals surface area contributed by atoms with Gasteiger partial charge in [-0.05, 0) is 91.8 Å². The predicted molar refractivity (Wildman–Crippen MR) is 172 cm³/mol. The van der Waals surface area contributed by atoms with E-state index in [1.165, 1.54) is 23.0 Å². The number of aliphatic hydroxyl groups excluding tert-OH is 1. The smallest absolute Gasteiger partial charge is 0.264 e. The summed E-state index contributed by atoms with van der Waals surface area (Å²) >= 11 is 6.39. The van der Waals surface area contributed by atoms with E-state index in [0.717, 1.165) is 42.8 Å². The van der Waals surface area contributed by atoms with Gasteiger partial charge in [0.05, 0.1) is 18.4 Å². The number of allylic oxidation sites excluding steroid dienone is 1. The second kappa shape index (κ2) is 11.6. The lowest BCUT2D eigenvalue weighted by Crippen LogP contribution is -2.49.